The smallest absolute Gasteiger partial charge is 0.434 e. The molecule has 0 spiro atoms. The van der Waals surface area contributed by atoms with Crippen LogP contribution in [0.5, 0.6) is 0 Å². The van der Waals surface area contributed by atoms with Gasteiger partial charge in [0.25, 0.3) is 0 Å². The van der Waals surface area contributed by atoms with Crippen molar-refractivity contribution in [2.75, 3.05) is 17.0 Å². The van der Waals surface area contributed by atoms with Crippen LogP contribution in [0.4, 0.5) is 4.79 Å². The average Bonchev–Trinajstić information content (AvgIpc) is 2.84. The lowest BCUT2D eigenvalue weighted by atomic mass is 9.75. The summed E-state index contributed by atoms with van der Waals surface area (Å²) in [5, 5.41) is 0. The van der Waals surface area contributed by atoms with Gasteiger partial charge in [-0.3, -0.25) is 0 Å². The van der Waals surface area contributed by atoms with Crippen LogP contribution in [0.1, 0.15) is 105 Å². The van der Waals surface area contributed by atoms with Crippen molar-refractivity contribution in [2.45, 2.75) is 111 Å². The Morgan fingerprint density at radius 3 is 2.56 bits per heavy atom. The van der Waals surface area contributed by atoms with Crippen LogP contribution >= 0.6 is 32.7 Å². The van der Waals surface area contributed by atoms with E-state index < -0.39 is 6.16 Å². The molecule has 2 aliphatic rings. The maximum Gasteiger partial charge on any atom is 0.508 e. The number of rotatable bonds is 16. The molecule has 1 aliphatic heterocycles. The summed E-state index contributed by atoms with van der Waals surface area (Å²) in [5.74, 6) is 0.803. The molecule has 0 aromatic rings. The fraction of sp³-hybridized carbons (Fsp3) is 0.815. The molecule has 0 saturated carbocycles. The van der Waals surface area contributed by atoms with Crippen LogP contribution in [0.25, 0.3) is 0 Å². The van der Waals surface area contributed by atoms with E-state index in [4.69, 9.17) is 18.6 Å². The Bertz CT molecular complexity index is 694. The van der Waals surface area contributed by atoms with Gasteiger partial charge in [0.15, 0.2) is 0 Å². The number of alkyl halides is 1. The summed E-state index contributed by atoms with van der Waals surface area (Å²) in [6, 6.07) is 0. The van der Waals surface area contributed by atoms with Crippen molar-refractivity contribution < 1.29 is 19.0 Å². The van der Waals surface area contributed by atoms with Gasteiger partial charge in [0.05, 0.1) is 17.0 Å². The average molecular weight is 608 g/mol. The molecule has 5 nitrogen and oxygen atoms in total. The minimum atomic E-state index is -0.515. The maximum absolute atomic E-state index is 12.2. The summed E-state index contributed by atoms with van der Waals surface area (Å²) in [4.78, 5) is 12.2. The van der Waals surface area contributed by atoms with Gasteiger partial charge < -0.3 is 14.2 Å². The highest BCUT2D eigenvalue weighted by Gasteiger charge is 2.32. The molecule has 7 heteroatoms. The fourth-order valence-electron chi connectivity index (χ4n) is 4.75. The Hall–Kier alpha value is -0.410. The van der Waals surface area contributed by atoms with Crippen molar-refractivity contribution in [3.8, 4) is 0 Å². The molecule has 0 amide bonds. The van der Waals surface area contributed by atoms with Crippen molar-refractivity contribution in [3.05, 3.63) is 11.6 Å². The first-order chi connectivity index (χ1) is 16.6. The Balaban J connectivity index is 1.88. The van der Waals surface area contributed by atoms with Gasteiger partial charge in [-0.25, -0.2) is 9.19 Å². The quantitative estimate of drug-likeness (QED) is 0.0578. The first-order valence-corrected chi connectivity index (χ1v) is 17.0. The van der Waals surface area contributed by atoms with Gasteiger partial charge in [0.2, 0.25) is 0 Å². The molecule has 0 N–H and O–H groups in total. The summed E-state index contributed by atoms with van der Waals surface area (Å²) in [6.07, 6.45) is 15.1. The number of carbonyl (C=O) groups is 1. The SMILES string of the molecule is CCCCCCOC(=O)O[C@H](C)C(CC)C1CCC=C(C2=NSCI=C2OCCCCCC)C1. The standard InChI is InChI=1S/C27H46INO4S/c1-5-8-10-12-17-31-26-25(29-34-20-28-26)23-16-14-15-22(19-23)24(7-3)21(4)33-27(30)32-18-13-11-9-6-2/h16,21-22,24H,5-15,17-20H2,1-4H3/t21-,22?,24?/m1/s1. The number of unbranched alkanes of at least 4 members (excludes halogenated alkanes) is 6. The monoisotopic (exact) mass is 607 g/mol. The summed E-state index contributed by atoms with van der Waals surface area (Å²) >= 11 is 1.59. The van der Waals surface area contributed by atoms with Crippen molar-refractivity contribution >= 4 is 48.2 Å². The molecule has 0 aromatic heterocycles. The van der Waals surface area contributed by atoms with Gasteiger partial charge in [-0.2, -0.15) is 0 Å². The summed E-state index contributed by atoms with van der Waals surface area (Å²) in [6.45, 7) is 9.92. The number of ether oxygens (including phenoxy) is 3. The van der Waals surface area contributed by atoms with E-state index in [0.717, 1.165) is 61.0 Å². The Morgan fingerprint density at radius 1 is 1.12 bits per heavy atom. The predicted molar refractivity (Wildman–Crippen MR) is 154 cm³/mol. The largest absolute Gasteiger partial charge is 0.508 e. The lowest BCUT2D eigenvalue weighted by molar-refractivity contribution is -0.00491. The highest BCUT2D eigenvalue weighted by atomic mass is 127. The fourth-order valence-corrected chi connectivity index (χ4v) is 8.39. The molecule has 34 heavy (non-hydrogen) atoms. The van der Waals surface area contributed by atoms with Gasteiger partial charge in [-0.05, 0) is 74.8 Å². The third-order valence-corrected chi connectivity index (χ3v) is 10.5. The molecule has 0 radical (unpaired) electrons. The maximum atomic E-state index is 12.2. The van der Waals surface area contributed by atoms with Crippen LogP contribution in [0.3, 0.4) is 0 Å². The molecule has 2 unspecified atom stereocenters. The van der Waals surface area contributed by atoms with Crippen LogP contribution < -0.4 is 0 Å². The summed E-state index contributed by atoms with van der Waals surface area (Å²) < 4.78 is 24.4. The third kappa shape index (κ3) is 10.7. The van der Waals surface area contributed by atoms with Crippen LogP contribution in [0.2, 0.25) is 0 Å². The van der Waals surface area contributed by atoms with E-state index in [1.807, 2.05) is 6.92 Å². The molecule has 3 atom stereocenters. The first-order valence-electron chi connectivity index (χ1n) is 13.4. The highest BCUT2D eigenvalue weighted by Crippen LogP contribution is 2.37. The van der Waals surface area contributed by atoms with E-state index in [0.29, 0.717) is 18.4 Å². The zero-order chi connectivity index (χ0) is 24.6. The normalized spacial score (nSPS) is 20.4. The van der Waals surface area contributed by atoms with E-state index in [1.165, 1.54) is 41.4 Å². The van der Waals surface area contributed by atoms with Gasteiger partial charge in [-0.15, -0.1) is 0 Å². The molecule has 0 saturated heterocycles. The van der Waals surface area contributed by atoms with Gasteiger partial charge in [-0.1, -0.05) is 86.1 Å². The molecule has 0 bridgehead atoms. The predicted octanol–water partition coefficient (Wildman–Crippen LogP) is 8.62. The van der Waals surface area contributed by atoms with Crippen molar-refractivity contribution in [2.24, 2.45) is 16.2 Å². The Kier molecular flexibility index (Phi) is 15.7. The van der Waals surface area contributed by atoms with Crippen molar-refractivity contribution in [1.29, 1.82) is 0 Å². The molecular weight excluding hydrogens is 561 g/mol. The topological polar surface area (TPSA) is 57.1 Å². The lowest BCUT2D eigenvalue weighted by Crippen LogP contribution is -2.33. The number of hydrogen-bond acceptors (Lipinski definition) is 6. The Morgan fingerprint density at radius 2 is 1.85 bits per heavy atom. The van der Waals surface area contributed by atoms with Crippen molar-refractivity contribution in [1.82, 2.24) is 0 Å². The molecule has 1 heterocycles. The first kappa shape index (κ1) is 29.8. The van der Waals surface area contributed by atoms with E-state index in [9.17, 15) is 4.79 Å². The number of nitrogens with zero attached hydrogens (tertiary/aromatic N) is 1. The molecule has 0 aromatic carbocycles. The second-order valence-electron chi connectivity index (χ2n) is 9.32. The van der Waals surface area contributed by atoms with Crippen LogP contribution in [-0.2, 0) is 14.2 Å². The number of allylic oxidation sites excluding steroid dienone is 1. The van der Waals surface area contributed by atoms with E-state index in [-0.39, 0.29) is 26.8 Å². The van der Waals surface area contributed by atoms with Gasteiger partial charge in [0, 0.05) is 0 Å². The lowest BCUT2D eigenvalue weighted by Gasteiger charge is -2.34. The van der Waals surface area contributed by atoms with Crippen LogP contribution in [-0.4, -0.2) is 38.6 Å². The number of hydrogen-bond donors (Lipinski definition) is 0. The number of halogens is 1. The summed E-state index contributed by atoms with van der Waals surface area (Å²) in [5.41, 5.74) is 2.47. The molecule has 2 rings (SSSR count). The summed E-state index contributed by atoms with van der Waals surface area (Å²) in [7, 11) is 0. The zero-order valence-electron chi connectivity index (χ0n) is 21.8. The number of carbonyl (C=O) groups excluding carboxylic acids is 1. The van der Waals surface area contributed by atoms with E-state index in [1.54, 1.807) is 11.9 Å². The van der Waals surface area contributed by atoms with Crippen LogP contribution in [0.15, 0.2) is 16.0 Å². The molecule has 0 fully saturated rings. The van der Waals surface area contributed by atoms with Crippen LogP contribution in [0, 0.1) is 11.8 Å². The second kappa shape index (κ2) is 17.9. The molecular formula is C27H46INO4S. The van der Waals surface area contributed by atoms with Gasteiger partial charge in [0.1, 0.15) is 15.5 Å². The minimum Gasteiger partial charge on any atom is -0.434 e. The molecule has 196 valence electrons. The minimum absolute atomic E-state index is 0.114. The second-order valence-corrected chi connectivity index (χ2v) is 13.6. The zero-order valence-corrected chi connectivity index (χ0v) is 24.8. The van der Waals surface area contributed by atoms with E-state index in [2.05, 4.69) is 26.8 Å². The van der Waals surface area contributed by atoms with E-state index >= 15 is 0 Å². The van der Waals surface area contributed by atoms with Crippen molar-refractivity contribution in [3.63, 3.8) is 0 Å². The third-order valence-electron chi connectivity index (χ3n) is 6.69. The molecule has 1 aliphatic carbocycles. The van der Waals surface area contributed by atoms with Gasteiger partial charge >= 0.3 is 6.16 Å². The highest BCUT2D eigenvalue weighted by molar-refractivity contribution is 14.2. The Labute approximate surface area is 222 Å².